The number of likely N-dealkylation sites (tertiary alicyclic amines) is 1. The van der Waals surface area contributed by atoms with Crippen LogP contribution < -0.4 is 11.1 Å². The standard InChI is InChI=1S/C14H16N4O6/c15-6-12(19)17-7-9(5-11(17)14(21)22)16-13(20)8-1-3-10(4-2-8)18(23)24/h1-4,9,11H,5-7,15H2,(H,16,20)(H,21,22)/t9-,11+/m1/s1. The average molecular weight is 336 g/mol. The highest BCUT2D eigenvalue weighted by atomic mass is 16.6. The van der Waals surface area contributed by atoms with Crippen LogP contribution in [0, 0.1) is 10.1 Å². The van der Waals surface area contributed by atoms with Crippen LogP contribution in [0.1, 0.15) is 16.8 Å². The Labute approximate surface area is 136 Å². The lowest BCUT2D eigenvalue weighted by Gasteiger charge is -2.20. The fourth-order valence-corrected chi connectivity index (χ4v) is 2.57. The number of hydrogen-bond donors (Lipinski definition) is 3. The van der Waals surface area contributed by atoms with Crippen molar-refractivity contribution >= 4 is 23.5 Å². The van der Waals surface area contributed by atoms with Crippen molar-refractivity contribution in [3.05, 3.63) is 39.9 Å². The van der Waals surface area contributed by atoms with Crippen LogP contribution in [-0.4, -0.2) is 57.9 Å². The van der Waals surface area contributed by atoms with Gasteiger partial charge in [0.05, 0.1) is 11.5 Å². The van der Waals surface area contributed by atoms with Gasteiger partial charge in [-0.3, -0.25) is 19.7 Å². The minimum Gasteiger partial charge on any atom is -0.480 e. The molecule has 4 N–H and O–H groups in total. The quantitative estimate of drug-likeness (QED) is 0.476. The second-order valence-corrected chi connectivity index (χ2v) is 5.31. The van der Waals surface area contributed by atoms with Gasteiger partial charge < -0.3 is 21.1 Å². The molecular formula is C14H16N4O6. The number of carboxylic acids is 1. The first kappa shape index (κ1) is 17.3. The smallest absolute Gasteiger partial charge is 0.326 e. The van der Waals surface area contributed by atoms with Gasteiger partial charge >= 0.3 is 5.97 Å². The average Bonchev–Trinajstić information content (AvgIpc) is 2.98. The van der Waals surface area contributed by atoms with Crippen molar-refractivity contribution in [1.82, 2.24) is 10.2 Å². The molecule has 0 aromatic heterocycles. The molecule has 0 unspecified atom stereocenters. The van der Waals surface area contributed by atoms with Crippen LogP contribution in [0.3, 0.4) is 0 Å². The van der Waals surface area contributed by atoms with Crippen molar-refractivity contribution < 1.29 is 24.4 Å². The van der Waals surface area contributed by atoms with Crippen molar-refractivity contribution in [2.45, 2.75) is 18.5 Å². The molecule has 1 fully saturated rings. The van der Waals surface area contributed by atoms with E-state index in [-0.39, 0.29) is 30.8 Å². The molecule has 1 aliphatic heterocycles. The highest BCUT2D eigenvalue weighted by Crippen LogP contribution is 2.19. The van der Waals surface area contributed by atoms with Gasteiger partial charge in [0, 0.05) is 36.7 Å². The number of carbonyl (C=O) groups excluding carboxylic acids is 2. The summed E-state index contributed by atoms with van der Waals surface area (Å²) in [6, 6.07) is 3.44. The summed E-state index contributed by atoms with van der Waals surface area (Å²) >= 11 is 0. The van der Waals surface area contributed by atoms with Crippen LogP contribution in [0.4, 0.5) is 5.69 Å². The van der Waals surface area contributed by atoms with E-state index < -0.39 is 34.8 Å². The third-order valence-electron chi connectivity index (χ3n) is 3.76. The minimum atomic E-state index is -1.16. The van der Waals surface area contributed by atoms with Crippen molar-refractivity contribution in [2.24, 2.45) is 5.73 Å². The van der Waals surface area contributed by atoms with E-state index >= 15 is 0 Å². The first-order valence-electron chi connectivity index (χ1n) is 7.11. The van der Waals surface area contributed by atoms with E-state index in [1.165, 1.54) is 24.3 Å². The topological polar surface area (TPSA) is 156 Å². The van der Waals surface area contributed by atoms with E-state index in [2.05, 4.69) is 5.32 Å². The molecule has 128 valence electrons. The molecule has 0 bridgehead atoms. The van der Waals surface area contributed by atoms with Crippen molar-refractivity contribution in [1.29, 1.82) is 0 Å². The van der Waals surface area contributed by atoms with Gasteiger partial charge in [-0.15, -0.1) is 0 Å². The van der Waals surface area contributed by atoms with E-state index in [0.717, 1.165) is 4.90 Å². The lowest BCUT2D eigenvalue weighted by Crippen LogP contribution is -2.44. The first-order chi connectivity index (χ1) is 11.3. The Bertz CT molecular complexity index is 674. The molecule has 0 aliphatic carbocycles. The summed E-state index contributed by atoms with van der Waals surface area (Å²) in [5.41, 5.74) is 5.33. The Morgan fingerprint density at radius 1 is 1.33 bits per heavy atom. The van der Waals surface area contributed by atoms with Crippen molar-refractivity contribution in [3.8, 4) is 0 Å². The van der Waals surface area contributed by atoms with Crippen molar-refractivity contribution in [2.75, 3.05) is 13.1 Å². The Kier molecular flexibility index (Phi) is 5.09. The molecule has 1 aliphatic rings. The zero-order valence-electron chi connectivity index (χ0n) is 12.5. The van der Waals surface area contributed by atoms with Crippen LogP contribution >= 0.6 is 0 Å². The van der Waals surface area contributed by atoms with Crippen molar-refractivity contribution in [3.63, 3.8) is 0 Å². The van der Waals surface area contributed by atoms with Gasteiger partial charge in [-0.2, -0.15) is 0 Å². The molecule has 0 saturated carbocycles. The second-order valence-electron chi connectivity index (χ2n) is 5.31. The molecule has 2 amide bonds. The zero-order valence-corrected chi connectivity index (χ0v) is 12.5. The number of benzene rings is 1. The van der Waals surface area contributed by atoms with E-state index in [9.17, 15) is 24.5 Å². The van der Waals surface area contributed by atoms with Crippen LogP contribution in [0.2, 0.25) is 0 Å². The number of nitro benzene ring substituents is 1. The van der Waals surface area contributed by atoms with Gasteiger partial charge in [-0.05, 0) is 12.1 Å². The number of hydrogen-bond acceptors (Lipinski definition) is 6. The molecule has 2 rings (SSSR count). The molecular weight excluding hydrogens is 320 g/mol. The predicted molar refractivity (Wildman–Crippen MR) is 81.2 cm³/mol. The Hall–Kier alpha value is -3.01. The molecule has 24 heavy (non-hydrogen) atoms. The van der Waals surface area contributed by atoms with E-state index in [1.54, 1.807) is 0 Å². The summed E-state index contributed by atoms with van der Waals surface area (Å²) in [5.74, 6) is -2.17. The Balaban J connectivity index is 2.05. The third-order valence-corrected chi connectivity index (χ3v) is 3.76. The zero-order chi connectivity index (χ0) is 17.9. The maximum atomic E-state index is 12.1. The predicted octanol–water partition coefficient (Wildman–Crippen LogP) is -0.663. The fraction of sp³-hybridized carbons (Fsp3) is 0.357. The van der Waals surface area contributed by atoms with Gasteiger partial charge in [-0.25, -0.2) is 4.79 Å². The molecule has 2 atom stereocenters. The lowest BCUT2D eigenvalue weighted by atomic mass is 10.1. The van der Waals surface area contributed by atoms with E-state index in [0.29, 0.717) is 0 Å². The maximum absolute atomic E-state index is 12.1. The minimum absolute atomic E-state index is 0.0473. The number of nitrogens with one attached hydrogen (secondary N) is 1. The second kappa shape index (κ2) is 7.04. The summed E-state index contributed by atoms with van der Waals surface area (Å²) in [4.78, 5) is 46.2. The maximum Gasteiger partial charge on any atom is 0.326 e. The van der Waals surface area contributed by atoms with E-state index in [4.69, 9.17) is 10.8 Å². The Morgan fingerprint density at radius 2 is 1.96 bits per heavy atom. The summed E-state index contributed by atoms with van der Waals surface area (Å²) in [5, 5.41) is 22.4. The molecule has 1 aromatic carbocycles. The van der Waals surface area contributed by atoms with Gasteiger partial charge in [-0.1, -0.05) is 0 Å². The van der Waals surface area contributed by atoms with Gasteiger partial charge in [0.15, 0.2) is 0 Å². The Morgan fingerprint density at radius 3 is 2.46 bits per heavy atom. The summed E-state index contributed by atoms with van der Waals surface area (Å²) in [6.45, 7) is -0.265. The molecule has 10 heteroatoms. The van der Waals surface area contributed by atoms with Crippen LogP contribution in [-0.2, 0) is 9.59 Å². The summed E-state index contributed by atoms with van der Waals surface area (Å²) in [7, 11) is 0. The summed E-state index contributed by atoms with van der Waals surface area (Å²) in [6.07, 6.45) is 0.0692. The van der Waals surface area contributed by atoms with Crippen LogP contribution in [0.15, 0.2) is 24.3 Å². The molecule has 1 aromatic rings. The lowest BCUT2D eigenvalue weighted by molar-refractivity contribution is -0.384. The third kappa shape index (κ3) is 3.66. The molecule has 1 heterocycles. The fourth-order valence-electron chi connectivity index (χ4n) is 2.57. The monoisotopic (exact) mass is 336 g/mol. The largest absolute Gasteiger partial charge is 0.480 e. The van der Waals surface area contributed by atoms with Gasteiger partial charge in [0.25, 0.3) is 11.6 Å². The molecule has 0 spiro atoms. The SMILES string of the molecule is NCC(=O)N1C[C@H](NC(=O)c2ccc([N+](=O)[O-])cc2)C[C@H]1C(=O)O. The van der Waals surface area contributed by atoms with Gasteiger partial charge in [0.2, 0.25) is 5.91 Å². The number of non-ortho nitro benzene ring substituents is 1. The normalized spacial score (nSPS) is 19.8. The van der Waals surface area contributed by atoms with Crippen LogP contribution in [0.25, 0.3) is 0 Å². The highest BCUT2D eigenvalue weighted by Gasteiger charge is 2.39. The highest BCUT2D eigenvalue weighted by molar-refractivity contribution is 5.95. The number of rotatable bonds is 5. The number of nitrogens with two attached hydrogens (primary N) is 1. The molecule has 0 radical (unpaired) electrons. The first-order valence-corrected chi connectivity index (χ1v) is 7.11. The van der Waals surface area contributed by atoms with Gasteiger partial charge in [0.1, 0.15) is 6.04 Å². The number of carboxylic acid groups (broad SMARTS) is 1. The number of carbonyl (C=O) groups is 3. The molecule has 1 saturated heterocycles. The van der Waals surface area contributed by atoms with E-state index in [1.807, 2.05) is 0 Å². The number of amides is 2. The van der Waals surface area contributed by atoms with Crippen LogP contribution in [0.5, 0.6) is 0 Å². The number of aliphatic carboxylic acids is 1. The number of nitro groups is 1. The molecule has 10 nitrogen and oxygen atoms in total. The summed E-state index contributed by atoms with van der Waals surface area (Å²) < 4.78 is 0. The number of nitrogens with zero attached hydrogens (tertiary/aromatic N) is 2.